The van der Waals surface area contributed by atoms with Crippen molar-refractivity contribution in [2.75, 3.05) is 0 Å². The van der Waals surface area contributed by atoms with Crippen LogP contribution in [0.3, 0.4) is 0 Å². The highest BCUT2D eigenvalue weighted by Crippen LogP contribution is 2.72. The molecule has 4 heteroatoms. The third-order valence-electron chi connectivity index (χ3n) is 2.78. The average molecular weight is 308 g/mol. The molecule has 0 aliphatic rings. The van der Waals surface area contributed by atoms with E-state index in [9.17, 15) is 8.78 Å². The van der Waals surface area contributed by atoms with E-state index in [1.54, 1.807) is 29.7 Å². The summed E-state index contributed by atoms with van der Waals surface area (Å²) < 4.78 is 26.3. The summed E-state index contributed by atoms with van der Waals surface area (Å²) in [6.45, 7) is 7.70. The topological polar surface area (TPSA) is 0 Å². The van der Waals surface area contributed by atoms with Crippen LogP contribution in [0.15, 0.2) is 82.3 Å². The van der Waals surface area contributed by atoms with Crippen LogP contribution in [0.2, 0.25) is 0 Å². The Morgan fingerprint density at radius 3 is 1.50 bits per heavy atom. The molecule has 0 aliphatic heterocycles. The molecule has 0 saturated carbocycles. The lowest BCUT2D eigenvalue weighted by Crippen LogP contribution is -1.94. The molecule has 0 N–H and O–H groups in total. The molecule has 0 fully saturated rings. The van der Waals surface area contributed by atoms with Crippen molar-refractivity contribution in [3.05, 3.63) is 84.1 Å². The maximum Gasteiger partial charge on any atom is 0.123 e. The second-order valence-electron chi connectivity index (χ2n) is 3.94. The summed E-state index contributed by atoms with van der Waals surface area (Å²) in [7, 11) is -0.120. The van der Waals surface area contributed by atoms with Crippen molar-refractivity contribution in [1.82, 2.24) is 0 Å². The fourth-order valence-corrected chi connectivity index (χ4v) is 6.33. The van der Waals surface area contributed by atoms with Crippen molar-refractivity contribution in [2.45, 2.75) is 9.79 Å². The van der Waals surface area contributed by atoms with E-state index in [-0.39, 0.29) is 11.6 Å². The Morgan fingerprint density at radius 1 is 0.800 bits per heavy atom. The van der Waals surface area contributed by atoms with Gasteiger partial charge in [-0.15, -0.1) is 9.06 Å². The molecule has 0 bridgehead atoms. The highest BCUT2D eigenvalue weighted by Gasteiger charge is 2.25. The maximum absolute atomic E-state index is 13.1. The van der Waals surface area contributed by atoms with Gasteiger partial charge in [-0.25, -0.2) is 8.78 Å². The molecular weight excluding hydrogens is 294 g/mol. The van der Waals surface area contributed by atoms with Crippen molar-refractivity contribution in [1.29, 1.82) is 0 Å². The fraction of sp³-hybridized carbons (Fsp3) is 0. The maximum atomic E-state index is 13.1. The first-order valence-corrected chi connectivity index (χ1v) is 8.98. The number of halogens is 2. The van der Waals surface area contributed by atoms with Crippen molar-refractivity contribution >= 4 is 19.9 Å². The van der Waals surface area contributed by atoms with E-state index in [0.29, 0.717) is 0 Å². The fourth-order valence-electron chi connectivity index (χ4n) is 1.86. The summed E-state index contributed by atoms with van der Waals surface area (Å²) in [6.07, 6.45) is 0. The molecule has 2 aromatic carbocycles. The summed E-state index contributed by atoms with van der Waals surface area (Å²) in [5.41, 5.74) is 0. The van der Waals surface area contributed by atoms with E-state index < -0.39 is 9.06 Å². The minimum Gasteiger partial charge on any atom is -0.207 e. The molecule has 104 valence electrons. The predicted octanol–water partition coefficient (Wildman–Crippen LogP) is 6.12. The zero-order valence-corrected chi connectivity index (χ0v) is 12.4. The SMILES string of the molecule is C=CSS(C=C)(c1ccc(F)cc1)c1ccc(F)cc1. The Balaban J connectivity index is 2.60. The predicted molar refractivity (Wildman–Crippen MR) is 84.9 cm³/mol. The molecule has 0 aliphatic carbocycles. The summed E-state index contributed by atoms with van der Waals surface area (Å²) in [5, 5.41) is 3.59. The zero-order valence-electron chi connectivity index (χ0n) is 10.8. The molecule has 0 radical (unpaired) electrons. The number of hydrogen-bond donors (Lipinski definition) is 0. The van der Waals surface area contributed by atoms with E-state index in [1.165, 1.54) is 35.1 Å². The Hall–Kier alpha value is -1.52. The molecular formula is C16H14F2S2. The molecule has 0 aromatic heterocycles. The van der Waals surface area contributed by atoms with Gasteiger partial charge in [-0.05, 0) is 59.3 Å². The van der Waals surface area contributed by atoms with Gasteiger partial charge in [-0.1, -0.05) is 24.0 Å². The third kappa shape index (κ3) is 2.81. The van der Waals surface area contributed by atoms with Gasteiger partial charge in [-0.3, -0.25) is 0 Å². The third-order valence-corrected chi connectivity index (χ3v) is 8.52. The molecule has 0 saturated heterocycles. The molecule has 2 aromatic rings. The Kier molecular flexibility index (Phi) is 4.68. The molecule has 0 amide bonds. The van der Waals surface area contributed by atoms with Crippen LogP contribution in [0, 0.1) is 11.6 Å². The van der Waals surface area contributed by atoms with Crippen LogP contribution in [-0.2, 0) is 0 Å². The van der Waals surface area contributed by atoms with E-state index in [0.717, 1.165) is 9.79 Å². The molecule has 0 atom stereocenters. The zero-order chi connectivity index (χ0) is 14.6. The van der Waals surface area contributed by atoms with Gasteiger partial charge in [-0.2, -0.15) is 0 Å². The van der Waals surface area contributed by atoms with E-state index >= 15 is 0 Å². The molecule has 0 unspecified atom stereocenters. The number of benzene rings is 2. The summed E-state index contributed by atoms with van der Waals surface area (Å²) >= 11 is 0. The summed E-state index contributed by atoms with van der Waals surface area (Å²) in [5.74, 6) is -0.567. The summed E-state index contributed by atoms with van der Waals surface area (Å²) in [6, 6.07) is 12.7. The van der Waals surface area contributed by atoms with Crippen molar-refractivity contribution < 1.29 is 8.78 Å². The number of hydrogen-bond acceptors (Lipinski definition) is 1. The Bertz CT molecular complexity index is 558. The Labute approximate surface area is 122 Å². The van der Waals surface area contributed by atoms with Crippen LogP contribution in [0.4, 0.5) is 8.78 Å². The van der Waals surface area contributed by atoms with Crippen molar-refractivity contribution in [2.24, 2.45) is 0 Å². The van der Waals surface area contributed by atoms with Gasteiger partial charge in [0.25, 0.3) is 0 Å². The van der Waals surface area contributed by atoms with E-state index in [1.807, 2.05) is 5.41 Å². The van der Waals surface area contributed by atoms with Gasteiger partial charge in [0.1, 0.15) is 11.6 Å². The van der Waals surface area contributed by atoms with E-state index in [2.05, 4.69) is 13.2 Å². The molecule has 0 nitrogen and oxygen atoms in total. The average Bonchev–Trinajstić information content (AvgIpc) is 2.47. The Morgan fingerprint density at radius 2 is 1.20 bits per heavy atom. The van der Waals surface area contributed by atoms with Gasteiger partial charge < -0.3 is 0 Å². The van der Waals surface area contributed by atoms with E-state index in [4.69, 9.17) is 0 Å². The highest BCUT2D eigenvalue weighted by atomic mass is 33.2. The molecule has 0 heterocycles. The molecule has 20 heavy (non-hydrogen) atoms. The monoisotopic (exact) mass is 308 g/mol. The first-order chi connectivity index (χ1) is 9.62. The standard InChI is InChI=1S/C16H14F2S2/c1-3-19-20(4-2,15-9-5-13(17)6-10-15)16-11-7-14(18)8-12-16/h3-12H,1-2H2. The first kappa shape index (κ1) is 14.9. The minimum atomic E-state index is -1.65. The van der Waals surface area contributed by atoms with Crippen molar-refractivity contribution in [3.63, 3.8) is 0 Å². The van der Waals surface area contributed by atoms with Crippen molar-refractivity contribution in [3.8, 4) is 0 Å². The van der Waals surface area contributed by atoms with Gasteiger partial charge in [0, 0.05) is 9.79 Å². The van der Waals surface area contributed by atoms with Crippen LogP contribution < -0.4 is 0 Å². The lowest BCUT2D eigenvalue weighted by molar-refractivity contribution is 0.626. The second-order valence-corrected chi connectivity index (χ2v) is 9.10. The second kappa shape index (κ2) is 6.29. The van der Waals surface area contributed by atoms with Crippen LogP contribution in [0.1, 0.15) is 0 Å². The van der Waals surface area contributed by atoms with Crippen LogP contribution in [-0.4, -0.2) is 0 Å². The van der Waals surface area contributed by atoms with Gasteiger partial charge in [0.15, 0.2) is 0 Å². The van der Waals surface area contributed by atoms with Gasteiger partial charge >= 0.3 is 0 Å². The normalized spacial score (nSPS) is 11.9. The van der Waals surface area contributed by atoms with Gasteiger partial charge in [0.05, 0.1) is 0 Å². The van der Waals surface area contributed by atoms with Crippen LogP contribution in [0.5, 0.6) is 0 Å². The molecule has 2 rings (SSSR count). The minimum absolute atomic E-state index is 0.283. The number of rotatable bonds is 5. The lowest BCUT2D eigenvalue weighted by Gasteiger charge is -2.35. The highest BCUT2D eigenvalue weighted by molar-refractivity contribution is 8.96. The van der Waals surface area contributed by atoms with Gasteiger partial charge in [0.2, 0.25) is 0 Å². The lowest BCUT2D eigenvalue weighted by atomic mass is 10.3. The largest absolute Gasteiger partial charge is 0.207 e. The smallest absolute Gasteiger partial charge is 0.123 e. The van der Waals surface area contributed by atoms with Crippen LogP contribution in [0.25, 0.3) is 0 Å². The summed E-state index contributed by atoms with van der Waals surface area (Å²) in [4.78, 5) is 1.90. The quantitative estimate of drug-likeness (QED) is 0.599. The first-order valence-electron chi connectivity index (χ1n) is 5.88. The molecule has 0 spiro atoms. The van der Waals surface area contributed by atoms with Crippen LogP contribution >= 0.6 is 19.9 Å².